The van der Waals surface area contributed by atoms with Crippen molar-refractivity contribution in [1.29, 1.82) is 0 Å². The van der Waals surface area contributed by atoms with Crippen LogP contribution in [0.25, 0.3) is 11.5 Å². The molecule has 5 rings (SSSR count). The van der Waals surface area contributed by atoms with Crippen LogP contribution in [0.1, 0.15) is 74.3 Å². The SMILES string of the molecule is C[C@@H](CN1C(=O)c2cc(-c3ccco3)nn2C[C@@]1(C)C(=O)NC1CCCCCC1)c1ccccc1. The number of rotatable bonds is 6. The van der Waals surface area contributed by atoms with Gasteiger partial charge in [-0.05, 0) is 43.4 Å². The average molecular weight is 475 g/mol. The number of furan rings is 1. The summed E-state index contributed by atoms with van der Waals surface area (Å²) in [5.41, 5.74) is 1.17. The molecule has 7 nitrogen and oxygen atoms in total. The number of hydrogen-bond donors (Lipinski definition) is 1. The van der Waals surface area contributed by atoms with Gasteiger partial charge in [0, 0.05) is 18.7 Å². The second-order valence-corrected chi connectivity index (χ2v) is 10.2. The first kappa shape index (κ1) is 23.4. The van der Waals surface area contributed by atoms with E-state index in [0.29, 0.717) is 30.2 Å². The van der Waals surface area contributed by atoms with Crippen molar-refractivity contribution in [3.8, 4) is 11.5 Å². The van der Waals surface area contributed by atoms with Crippen molar-refractivity contribution in [1.82, 2.24) is 20.0 Å². The molecular weight excluding hydrogens is 440 g/mol. The first-order valence-corrected chi connectivity index (χ1v) is 12.8. The zero-order chi connectivity index (χ0) is 24.4. The molecule has 3 aromatic rings. The molecule has 0 unspecified atom stereocenters. The van der Waals surface area contributed by atoms with Crippen LogP contribution in [-0.4, -0.2) is 44.6 Å². The average Bonchev–Trinajstić information content (AvgIpc) is 3.47. The second-order valence-electron chi connectivity index (χ2n) is 10.2. The predicted molar refractivity (Wildman–Crippen MR) is 134 cm³/mol. The van der Waals surface area contributed by atoms with E-state index >= 15 is 0 Å². The van der Waals surface area contributed by atoms with Crippen molar-refractivity contribution in [2.45, 2.75) is 76.4 Å². The number of aromatic nitrogens is 2. The van der Waals surface area contributed by atoms with Crippen molar-refractivity contribution < 1.29 is 14.0 Å². The summed E-state index contributed by atoms with van der Waals surface area (Å²) in [5.74, 6) is 0.402. The highest BCUT2D eigenvalue weighted by Gasteiger charge is 2.48. The second kappa shape index (κ2) is 9.72. The molecule has 1 aliphatic heterocycles. The molecule has 35 heavy (non-hydrogen) atoms. The zero-order valence-electron chi connectivity index (χ0n) is 20.6. The van der Waals surface area contributed by atoms with Crippen LogP contribution in [-0.2, 0) is 11.3 Å². The molecule has 0 radical (unpaired) electrons. The molecule has 0 saturated heterocycles. The topological polar surface area (TPSA) is 80.4 Å². The Morgan fingerprint density at radius 3 is 2.57 bits per heavy atom. The summed E-state index contributed by atoms with van der Waals surface area (Å²) < 4.78 is 7.19. The number of nitrogens with zero attached hydrogens (tertiary/aromatic N) is 3. The Kier molecular flexibility index (Phi) is 6.50. The van der Waals surface area contributed by atoms with Gasteiger partial charge in [-0.15, -0.1) is 0 Å². The number of hydrogen-bond acceptors (Lipinski definition) is 4. The molecule has 0 spiro atoms. The van der Waals surface area contributed by atoms with Gasteiger partial charge in [0.1, 0.15) is 16.9 Å². The van der Waals surface area contributed by atoms with E-state index in [1.54, 1.807) is 28.0 Å². The van der Waals surface area contributed by atoms with E-state index in [0.717, 1.165) is 31.2 Å². The van der Waals surface area contributed by atoms with Crippen LogP contribution in [0.5, 0.6) is 0 Å². The van der Waals surface area contributed by atoms with E-state index in [1.807, 2.05) is 31.2 Å². The van der Waals surface area contributed by atoms with Gasteiger partial charge in [0.2, 0.25) is 5.91 Å². The Bertz CT molecular complexity index is 1160. The third-order valence-corrected chi connectivity index (χ3v) is 7.58. The monoisotopic (exact) mass is 474 g/mol. The normalized spacial score (nSPS) is 21.9. The molecule has 1 N–H and O–H groups in total. The van der Waals surface area contributed by atoms with Crippen LogP contribution < -0.4 is 5.32 Å². The maximum atomic E-state index is 13.9. The highest BCUT2D eigenvalue weighted by Crippen LogP contribution is 2.33. The summed E-state index contributed by atoms with van der Waals surface area (Å²) in [6, 6.07) is 15.7. The summed E-state index contributed by atoms with van der Waals surface area (Å²) in [4.78, 5) is 29.5. The minimum Gasteiger partial charge on any atom is -0.463 e. The molecule has 1 aliphatic carbocycles. The Hall–Kier alpha value is -3.35. The predicted octanol–water partition coefficient (Wildman–Crippen LogP) is 5.00. The Balaban J connectivity index is 1.47. The molecule has 3 heterocycles. The fraction of sp³-hybridized carbons (Fsp3) is 0.464. The molecule has 1 saturated carbocycles. The van der Waals surface area contributed by atoms with E-state index in [1.165, 1.54) is 12.8 Å². The van der Waals surface area contributed by atoms with Gasteiger partial charge >= 0.3 is 0 Å². The third kappa shape index (κ3) is 4.64. The molecule has 0 bridgehead atoms. The molecule has 2 aliphatic rings. The minimum absolute atomic E-state index is 0.0733. The summed E-state index contributed by atoms with van der Waals surface area (Å²) >= 11 is 0. The highest BCUT2D eigenvalue weighted by molar-refractivity contribution is 6.00. The van der Waals surface area contributed by atoms with Crippen LogP contribution in [0, 0.1) is 0 Å². The maximum Gasteiger partial charge on any atom is 0.273 e. The number of carbonyl (C=O) groups is 2. The van der Waals surface area contributed by atoms with Gasteiger partial charge in [-0.2, -0.15) is 5.10 Å². The third-order valence-electron chi connectivity index (χ3n) is 7.58. The number of nitrogens with one attached hydrogen (secondary N) is 1. The van der Waals surface area contributed by atoms with Crippen molar-refractivity contribution in [2.24, 2.45) is 0 Å². The van der Waals surface area contributed by atoms with Gasteiger partial charge in [0.05, 0.1) is 12.8 Å². The van der Waals surface area contributed by atoms with Gasteiger partial charge in [0.25, 0.3) is 5.91 Å². The summed E-state index contributed by atoms with van der Waals surface area (Å²) in [7, 11) is 0. The number of carbonyl (C=O) groups excluding carboxylic acids is 2. The molecule has 1 fully saturated rings. The molecule has 7 heteroatoms. The van der Waals surface area contributed by atoms with Gasteiger partial charge in [-0.25, -0.2) is 0 Å². The van der Waals surface area contributed by atoms with Gasteiger partial charge in [0.15, 0.2) is 5.76 Å². The Labute approximate surface area is 206 Å². The van der Waals surface area contributed by atoms with Crippen LogP contribution in [0.15, 0.2) is 59.2 Å². The lowest BCUT2D eigenvalue weighted by molar-refractivity contribution is -0.134. The number of fused-ring (bicyclic) bond motifs is 1. The van der Waals surface area contributed by atoms with Crippen molar-refractivity contribution in [2.75, 3.05) is 6.54 Å². The largest absolute Gasteiger partial charge is 0.463 e. The van der Waals surface area contributed by atoms with Crippen LogP contribution in [0.3, 0.4) is 0 Å². The highest BCUT2D eigenvalue weighted by atomic mass is 16.3. The van der Waals surface area contributed by atoms with Crippen molar-refractivity contribution in [3.05, 3.63) is 66.1 Å². The molecule has 184 valence electrons. The quantitative estimate of drug-likeness (QED) is 0.510. The van der Waals surface area contributed by atoms with Crippen LogP contribution in [0.2, 0.25) is 0 Å². The van der Waals surface area contributed by atoms with E-state index in [4.69, 9.17) is 4.42 Å². The first-order valence-electron chi connectivity index (χ1n) is 12.8. The number of benzene rings is 1. The summed E-state index contributed by atoms with van der Waals surface area (Å²) in [5, 5.41) is 7.96. The van der Waals surface area contributed by atoms with Crippen molar-refractivity contribution in [3.63, 3.8) is 0 Å². The molecule has 2 amide bonds. The van der Waals surface area contributed by atoms with E-state index < -0.39 is 5.54 Å². The maximum absolute atomic E-state index is 13.9. The molecule has 2 atom stereocenters. The van der Waals surface area contributed by atoms with Crippen molar-refractivity contribution >= 4 is 11.8 Å². The van der Waals surface area contributed by atoms with Gasteiger partial charge in [-0.1, -0.05) is 62.9 Å². The zero-order valence-corrected chi connectivity index (χ0v) is 20.6. The summed E-state index contributed by atoms with van der Waals surface area (Å²) in [6.07, 6.45) is 8.27. The van der Waals surface area contributed by atoms with Crippen LogP contribution >= 0.6 is 0 Å². The Morgan fingerprint density at radius 1 is 1.14 bits per heavy atom. The van der Waals surface area contributed by atoms with Gasteiger partial charge in [-0.3, -0.25) is 14.3 Å². The lowest BCUT2D eigenvalue weighted by atomic mass is 9.91. The fourth-order valence-electron chi connectivity index (χ4n) is 5.40. The van der Waals surface area contributed by atoms with E-state index in [-0.39, 0.29) is 23.8 Å². The Morgan fingerprint density at radius 2 is 1.89 bits per heavy atom. The smallest absolute Gasteiger partial charge is 0.273 e. The lowest BCUT2D eigenvalue weighted by Crippen LogP contribution is -2.65. The number of amides is 2. The molecule has 2 aromatic heterocycles. The molecule has 1 aromatic carbocycles. The van der Waals surface area contributed by atoms with E-state index in [9.17, 15) is 9.59 Å². The fourth-order valence-corrected chi connectivity index (χ4v) is 5.40. The van der Waals surface area contributed by atoms with Crippen LogP contribution in [0.4, 0.5) is 0 Å². The first-order chi connectivity index (χ1) is 17.0. The minimum atomic E-state index is -1.05. The van der Waals surface area contributed by atoms with E-state index in [2.05, 4.69) is 29.5 Å². The standard InChI is InChI=1S/C28H34N4O3/c1-20(21-11-6-5-7-12-21)18-31-26(33)24-17-23(25-15-10-16-35-25)30-32(24)19-28(31,2)27(34)29-22-13-8-3-4-9-14-22/h5-7,10-12,15-17,20,22H,3-4,8-9,13-14,18-19H2,1-2H3,(H,29,34)/t20-,28-/m0/s1. The summed E-state index contributed by atoms with van der Waals surface area (Å²) in [6.45, 7) is 4.73. The molecular formula is C28H34N4O3. The van der Waals surface area contributed by atoms with Gasteiger partial charge < -0.3 is 14.6 Å². The lowest BCUT2D eigenvalue weighted by Gasteiger charge is -2.44.